The highest BCUT2D eigenvalue weighted by molar-refractivity contribution is 5.97. The van der Waals surface area contributed by atoms with Gasteiger partial charge in [0.25, 0.3) is 5.91 Å². The highest BCUT2D eigenvalue weighted by Gasteiger charge is 2.23. The zero-order chi connectivity index (χ0) is 20.2. The van der Waals surface area contributed by atoms with Gasteiger partial charge in [0.05, 0.1) is 18.4 Å². The molecule has 0 atom stereocenters. The molecule has 0 bridgehead atoms. The molecule has 29 heavy (non-hydrogen) atoms. The maximum Gasteiger partial charge on any atom is 0.339 e. The summed E-state index contributed by atoms with van der Waals surface area (Å²) in [5.41, 5.74) is 3.67. The number of para-hydroxylation sites is 1. The zero-order valence-electron chi connectivity index (χ0n) is 16.0. The first kappa shape index (κ1) is 18.6. The van der Waals surface area contributed by atoms with Crippen LogP contribution in [0, 0.1) is 0 Å². The molecule has 1 aliphatic heterocycles. The molecule has 7 nitrogen and oxygen atoms in total. The zero-order valence-corrected chi connectivity index (χ0v) is 16.0. The van der Waals surface area contributed by atoms with Gasteiger partial charge in [0.2, 0.25) is 0 Å². The van der Waals surface area contributed by atoms with Crippen molar-refractivity contribution in [1.82, 2.24) is 14.9 Å². The Bertz CT molecular complexity index is 1070. The number of carbonyl (C=O) groups is 2. The Labute approximate surface area is 168 Å². The second-order valence-corrected chi connectivity index (χ2v) is 6.70. The second kappa shape index (κ2) is 8.10. The van der Waals surface area contributed by atoms with E-state index in [4.69, 9.17) is 4.74 Å². The number of hydrogen-bond acceptors (Lipinski definition) is 6. The van der Waals surface area contributed by atoms with Crippen molar-refractivity contribution >= 4 is 23.4 Å². The molecule has 2 heterocycles. The predicted molar refractivity (Wildman–Crippen MR) is 108 cm³/mol. The number of ether oxygens (including phenoxy) is 1. The lowest BCUT2D eigenvalue weighted by atomic mass is 10.00. The van der Waals surface area contributed by atoms with Gasteiger partial charge in [0.15, 0.2) is 0 Å². The summed E-state index contributed by atoms with van der Waals surface area (Å²) >= 11 is 0. The molecule has 0 radical (unpaired) electrons. The Balaban J connectivity index is 1.54. The van der Waals surface area contributed by atoms with Gasteiger partial charge in [-0.15, -0.1) is 0 Å². The van der Waals surface area contributed by atoms with E-state index < -0.39 is 5.97 Å². The van der Waals surface area contributed by atoms with Crippen LogP contribution in [0.5, 0.6) is 0 Å². The quantitative estimate of drug-likeness (QED) is 0.691. The molecule has 1 N–H and O–H groups in total. The molecule has 1 amide bonds. The first-order valence-corrected chi connectivity index (χ1v) is 9.28. The van der Waals surface area contributed by atoms with Gasteiger partial charge in [0.1, 0.15) is 17.8 Å². The molecule has 0 saturated carbocycles. The number of hydrogen-bond donors (Lipinski definition) is 1. The van der Waals surface area contributed by atoms with Crippen molar-refractivity contribution in [3.8, 4) is 0 Å². The molecule has 1 aliphatic rings. The smallest absolute Gasteiger partial charge is 0.339 e. The number of methoxy groups -OCH3 is 1. The van der Waals surface area contributed by atoms with Gasteiger partial charge in [0, 0.05) is 19.2 Å². The monoisotopic (exact) mass is 388 g/mol. The summed E-state index contributed by atoms with van der Waals surface area (Å²) in [5, 5.41) is 3.08. The number of carbonyl (C=O) groups excluding carboxylic acids is 2. The standard InChI is InChI=1S/C22H20N4O3/c1-29-22(28)17-8-4-5-9-18(17)25-20-12-19(23-14-24-20)21(27)26-11-10-15-6-2-3-7-16(15)13-26/h2-9,12,14H,10-11,13H2,1H3,(H,23,24,25). The number of amides is 1. The molecule has 0 spiro atoms. The summed E-state index contributed by atoms with van der Waals surface area (Å²) < 4.78 is 4.81. The molecule has 146 valence electrons. The van der Waals surface area contributed by atoms with Crippen molar-refractivity contribution in [3.63, 3.8) is 0 Å². The minimum absolute atomic E-state index is 0.147. The van der Waals surface area contributed by atoms with E-state index in [1.165, 1.54) is 19.0 Å². The minimum Gasteiger partial charge on any atom is -0.465 e. The summed E-state index contributed by atoms with van der Waals surface area (Å²) in [4.78, 5) is 35.0. The van der Waals surface area contributed by atoms with Crippen LogP contribution in [0.4, 0.5) is 11.5 Å². The van der Waals surface area contributed by atoms with E-state index >= 15 is 0 Å². The van der Waals surface area contributed by atoms with Crippen molar-refractivity contribution in [1.29, 1.82) is 0 Å². The van der Waals surface area contributed by atoms with E-state index in [1.54, 1.807) is 35.2 Å². The van der Waals surface area contributed by atoms with Gasteiger partial charge in [-0.05, 0) is 29.7 Å². The first-order chi connectivity index (χ1) is 14.2. The molecule has 7 heteroatoms. The third-order valence-corrected chi connectivity index (χ3v) is 4.90. The van der Waals surface area contributed by atoms with Crippen LogP contribution in [0.1, 0.15) is 32.0 Å². The number of nitrogens with zero attached hydrogens (tertiary/aromatic N) is 3. The average Bonchev–Trinajstić information content (AvgIpc) is 2.78. The molecular formula is C22H20N4O3. The van der Waals surface area contributed by atoms with Crippen LogP contribution in [0.25, 0.3) is 0 Å². The molecule has 3 aromatic rings. The van der Waals surface area contributed by atoms with Gasteiger partial charge in [-0.1, -0.05) is 36.4 Å². The lowest BCUT2D eigenvalue weighted by Gasteiger charge is -2.28. The largest absolute Gasteiger partial charge is 0.465 e. The molecule has 0 fully saturated rings. The van der Waals surface area contributed by atoms with Crippen LogP contribution in [0.15, 0.2) is 60.9 Å². The summed E-state index contributed by atoms with van der Waals surface area (Å²) in [5.74, 6) is -0.172. The minimum atomic E-state index is -0.453. The van der Waals surface area contributed by atoms with Gasteiger partial charge in [-0.3, -0.25) is 4.79 Å². The lowest BCUT2D eigenvalue weighted by Crippen LogP contribution is -2.36. The maximum atomic E-state index is 13.0. The van der Waals surface area contributed by atoms with E-state index in [0.29, 0.717) is 35.9 Å². The van der Waals surface area contributed by atoms with Crippen LogP contribution in [0.2, 0.25) is 0 Å². The Hall–Kier alpha value is -3.74. The number of rotatable bonds is 4. The van der Waals surface area contributed by atoms with Crippen LogP contribution in [-0.2, 0) is 17.7 Å². The fourth-order valence-corrected chi connectivity index (χ4v) is 3.39. The maximum absolute atomic E-state index is 13.0. The highest BCUT2D eigenvalue weighted by atomic mass is 16.5. The van der Waals surface area contributed by atoms with E-state index in [9.17, 15) is 9.59 Å². The number of esters is 1. The average molecular weight is 388 g/mol. The normalized spacial score (nSPS) is 12.8. The second-order valence-electron chi connectivity index (χ2n) is 6.70. The predicted octanol–water partition coefficient (Wildman–Crippen LogP) is 3.21. The van der Waals surface area contributed by atoms with Crippen LogP contribution in [0.3, 0.4) is 0 Å². The molecule has 0 saturated heterocycles. The van der Waals surface area contributed by atoms with Crippen molar-refractivity contribution in [2.24, 2.45) is 0 Å². The highest BCUT2D eigenvalue weighted by Crippen LogP contribution is 2.22. The number of aromatic nitrogens is 2. The SMILES string of the molecule is COC(=O)c1ccccc1Nc1cc(C(=O)N2CCc3ccccc3C2)ncn1. The number of benzene rings is 2. The van der Waals surface area contributed by atoms with E-state index in [0.717, 1.165) is 12.0 Å². The fourth-order valence-electron chi connectivity index (χ4n) is 3.39. The van der Waals surface area contributed by atoms with Crippen molar-refractivity contribution in [2.75, 3.05) is 19.0 Å². The Morgan fingerprint density at radius 3 is 2.62 bits per heavy atom. The van der Waals surface area contributed by atoms with E-state index in [-0.39, 0.29) is 5.91 Å². The fraction of sp³-hybridized carbons (Fsp3) is 0.182. The number of fused-ring (bicyclic) bond motifs is 1. The summed E-state index contributed by atoms with van der Waals surface area (Å²) in [6.07, 6.45) is 2.17. The Kier molecular flexibility index (Phi) is 5.20. The molecule has 4 rings (SSSR count). The third-order valence-electron chi connectivity index (χ3n) is 4.90. The topological polar surface area (TPSA) is 84.4 Å². The van der Waals surface area contributed by atoms with Crippen LogP contribution < -0.4 is 5.32 Å². The molecule has 0 unspecified atom stereocenters. The summed E-state index contributed by atoms with van der Waals surface area (Å²) in [6, 6.07) is 16.7. The van der Waals surface area contributed by atoms with Gasteiger partial charge in [-0.2, -0.15) is 0 Å². The van der Waals surface area contributed by atoms with Gasteiger partial charge < -0.3 is 15.0 Å². The van der Waals surface area contributed by atoms with E-state index in [1.807, 2.05) is 18.2 Å². The molecular weight excluding hydrogens is 368 g/mol. The lowest BCUT2D eigenvalue weighted by molar-refractivity contribution is 0.0601. The Morgan fingerprint density at radius 1 is 1.03 bits per heavy atom. The first-order valence-electron chi connectivity index (χ1n) is 9.28. The van der Waals surface area contributed by atoms with Crippen LogP contribution in [-0.4, -0.2) is 40.4 Å². The third kappa shape index (κ3) is 3.94. The van der Waals surface area contributed by atoms with E-state index in [2.05, 4.69) is 21.4 Å². The van der Waals surface area contributed by atoms with Crippen LogP contribution >= 0.6 is 0 Å². The van der Waals surface area contributed by atoms with Gasteiger partial charge >= 0.3 is 5.97 Å². The van der Waals surface area contributed by atoms with Crippen molar-refractivity contribution < 1.29 is 14.3 Å². The summed E-state index contributed by atoms with van der Waals surface area (Å²) in [7, 11) is 1.33. The molecule has 1 aromatic heterocycles. The number of anilines is 2. The molecule has 2 aromatic carbocycles. The number of nitrogens with one attached hydrogen (secondary N) is 1. The molecule has 0 aliphatic carbocycles. The van der Waals surface area contributed by atoms with Crippen molar-refractivity contribution in [3.05, 3.63) is 83.3 Å². The Morgan fingerprint density at radius 2 is 1.79 bits per heavy atom. The van der Waals surface area contributed by atoms with Crippen molar-refractivity contribution in [2.45, 2.75) is 13.0 Å². The summed E-state index contributed by atoms with van der Waals surface area (Å²) in [6.45, 7) is 1.21. The van der Waals surface area contributed by atoms with Gasteiger partial charge in [-0.25, -0.2) is 14.8 Å².